The van der Waals surface area contributed by atoms with E-state index in [1.54, 1.807) is 0 Å². The Kier molecular flexibility index (Phi) is 4.76. The molecule has 0 aromatic heterocycles. The molecule has 0 aliphatic carbocycles. The fourth-order valence-corrected chi connectivity index (χ4v) is 1.83. The van der Waals surface area contributed by atoms with Crippen LogP contribution in [0.4, 0.5) is 4.39 Å². The highest BCUT2D eigenvalue weighted by molar-refractivity contribution is 5.15. The van der Waals surface area contributed by atoms with E-state index in [0.717, 1.165) is 5.56 Å². The highest BCUT2D eigenvalue weighted by Gasteiger charge is 2.22. The lowest BCUT2D eigenvalue weighted by Gasteiger charge is -2.23. The Labute approximate surface area is 91.5 Å². The minimum atomic E-state index is -0.836. The number of nitrogens with two attached hydrogens (primary N) is 1. The van der Waals surface area contributed by atoms with Gasteiger partial charge in [-0.3, -0.25) is 0 Å². The zero-order chi connectivity index (χ0) is 11.3. The first-order valence-electron chi connectivity index (χ1n) is 5.53. The molecule has 0 amide bonds. The Hall–Kier alpha value is -0.890. The van der Waals surface area contributed by atoms with Crippen molar-refractivity contribution in [3.05, 3.63) is 35.9 Å². The van der Waals surface area contributed by atoms with Gasteiger partial charge in [0.2, 0.25) is 0 Å². The van der Waals surface area contributed by atoms with Crippen molar-refractivity contribution in [2.24, 2.45) is 17.6 Å². The minimum absolute atomic E-state index is 0.0368. The Morgan fingerprint density at radius 3 is 2.27 bits per heavy atom. The third-order valence-electron chi connectivity index (χ3n) is 2.87. The summed E-state index contributed by atoms with van der Waals surface area (Å²) in [6, 6.07) is 9.74. The quantitative estimate of drug-likeness (QED) is 0.793. The van der Waals surface area contributed by atoms with E-state index in [9.17, 15) is 4.39 Å². The second kappa shape index (κ2) is 5.86. The van der Waals surface area contributed by atoms with Crippen molar-refractivity contribution in [3.63, 3.8) is 0 Å². The van der Waals surface area contributed by atoms with E-state index < -0.39 is 6.17 Å². The molecule has 0 saturated heterocycles. The molecule has 0 bridgehead atoms. The summed E-state index contributed by atoms with van der Waals surface area (Å²) in [5, 5.41) is 0. The van der Waals surface area contributed by atoms with Gasteiger partial charge in [0, 0.05) is 12.3 Å². The first-order chi connectivity index (χ1) is 7.15. The number of benzene rings is 1. The molecule has 2 unspecified atom stereocenters. The average Bonchev–Trinajstić information content (AvgIpc) is 2.19. The van der Waals surface area contributed by atoms with Gasteiger partial charge in [0.25, 0.3) is 0 Å². The van der Waals surface area contributed by atoms with Crippen LogP contribution in [-0.2, 0) is 6.42 Å². The van der Waals surface area contributed by atoms with E-state index >= 15 is 0 Å². The van der Waals surface area contributed by atoms with Crippen molar-refractivity contribution in [3.8, 4) is 0 Å². The summed E-state index contributed by atoms with van der Waals surface area (Å²) in [4.78, 5) is 0. The summed E-state index contributed by atoms with van der Waals surface area (Å²) in [7, 11) is 0. The number of halogens is 1. The number of rotatable bonds is 5. The van der Waals surface area contributed by atoms with Crippen LogP contribution in [0.1, 0.15) is 19.4 Å². The number of alkyl halides is 1. The summed E-state index contributed by atoms with van der Waals surface area (Å²) < 4.78 is 13.9. The molecule has 0 heterocycles. The molecule has 2 heteroatoms. The summed E-state index contributed by atoms with van der Waals surface area (Å²) in [5.41, 5.74) is 6.63. The van der Waals surface area contributed by atoms with E-state index in [2.05, 4.69) is 0 Å². The molecule has 1 aromatic carbocycles. The molecule has 84 valence electrons. The average molecular weight is 209 g/mol. The van der Waals surface area contributed by atoms with Gasteiger partial charge in [-0.25, -0.2) is 4.39 Å². The standard InChI is InChI=1S/C13H20FN/c1-10(2)12(9-15)13(14)8-11-6-4-3-5-7-11/h3-7,10,12-13H,8-9,15H2,1-2H3. The second-order valence-electron chi connectivity index (χ2n) is 4.35. The Morgan fingerprint density at radius 2 is 1.80 bits per heavy atom. The van der Waals surface area contributed by atoms with Gasteiger partial charge < -0.3 is 5.73 Å². The predicted octanol–water partition coefficient (Wildman–Crippen LogP) is 2.80. The van der Waals surface area contributed by atoms with Crippen LogP contribution in [-0.4, -0.2) is 12.7 Å². The second-order valence-corrected chi connectivity index (χ2v) is 4.35. The van der Waals surface area contributed by atoms with Gasteiger partial charge in [0.1, 0.15) is 6.17 Å². The molecule has 2 atom stereocenters. The van der Waals surface area contributed by atoms with Gasteiger partial charge in [-0.05, 0) is 18.0 Å². The first-order valence-corrected chi connectivity index (χ1v) is 5.53. The summed E-state index contributed by atoms with van der Waals surface area (Å²) in [6.07, 6.45) is -0.363. The molecular formula is C13H20FN. The molecule has 0 aliphatic rings. The highest BCUT2D eigenvalue weighted by Crippen LogP contribution is 2.20. The van der Waals surface area contributed by atoms with Crippen molar-refractivity contribution < 1.29 is 4.39 Å². The van der Waals surface area contributed by atoms with Crippen LogP contribution >= 0.6 is 0 Å². The molecule has 0 radical (unpaired) electrons. The monoisotopic (exact) mass is 209 g/mol. The topological polar surface area (TPSA) is 26.0 Å². The van der Waals surface area contributed by atoms with E-state index in [-0.39, 0.29) is 5.92 Å². The fraction of sp³-hybridized carbons (Fsp3) is 0.538. The van der Waals surface area contributed by atoms with Crippen molar-refractivity contribution >= 4 is 0 Å². The summed E-state index contributed by atoms with van der Waals surface area (Å²) in [5.74, 6) is 0.263. The van der Waals surface area contributed by atoms with Crippen LogP contribution in [0.15, 0.2) is 30.3 Å². The van der Waals surface area contributed by atoms with E-state index in [4.69, 9.17) is 5.73 Å². The molecule has 0 spiro atoms. The normalized spacial score (nSPS) is 15.3. The summed E-state index contributed by atoms with van der Waals surface area (Å²) >= 11 is 0. The SMILES string of the molecule is CC(C)C(CN)C(F)Cc1ccccc1. The maximum absolute atomic E-state index is 13.9. The maximum atomic E-state index is 13.9. The lowest BCUT2D eigenvalue weighted by atomic mass is 9.88. The third kappa shape index (κ3) is 3.63. The van der Waals surface area contributed by atoms with Crippen molar-refractivity contribution in [1.29, 1.82) is 0 Å². The van der Waals surface area contributed by atoms with E-state index in [0.29, 0.717) is 18.9 Å². The zero-order valence-corrected chi connectivity index (χ0v) is 9.49. The van der Waals surface area contributed by atoms with Crippen molar-refractivity contribution in [2.45, 2.75) is 26.4 Å². The van der Waals surface area contributed by atoms with Gasteiger partial charge in [-0.15, -0.1) is 0 Å². The fourth-order valence-electron chi connectivity index (χ4n) is 1.83. The molecular weight excluding hydrogens is 189 g/mol. The highest BCUT2D eigenvalue weighted by atomic mass is 19.1. The molecule has 0 fully saturated rings. The van der Waals surface area contributed by atoms with Crippen molar-refractivity contribution in [1.82, 2.24) is 0 Å². The van der Waals surface area contributed by atoms with Crippen LogP contribution in [0, 0.1) is 11.8 Å². The first kappa shape index (κ1) is 12.2. The predicted molar refractivity (Wildman–Crippen MR) is 62.4 cm³/mol. The number of hydrogen-bond acceptors (Lipinski definition) is 1. The zero-order valence-electron chi connectivity index (χ0n) is 9.49. The van der Waals surface area contributed by atoms with Crippen LogP contribution in [0.25, 0.3) is 0 Å². The van der Waals surface area contributed by atoms with Gasteiger partial charge in [0.05, 0.1) is 0 Å². The smallest absolute Gasteiger partial charge is 0.108 e. The molecule has 1 nitrogen and oxygen atoms in total. The van der Waals surface area contributed by atoms with Crippen LogP contribution in [0.5, 0.6) is 0 Å². The van der Waals surface area contributed by atoms with Gasteiger partial charge >= 0.3 is 0 Å². The molecule has 0 saturated carbocycles. The van der Waals surface area contributed by atoms with Gasteiger partial charge in [0.15, 0.2) is 0 Å². The molecule has 0 aliphatic heterocycles. The Balaban J connectivity index is 2.58. The lowest BCUT2D eigenvalue weighted by Crippen LogP contribution is -2.30. The van der Waals surface area contributed by atoms with Gasteiger partial charge in [-0.2, -0.15) is 0 Å². The van der Waals surface area contributed by atoms with Crippen LogP contribution < -0.4 is 5.73 Å². The molecule has 1 rings (SSSR count). The number of hydrogen-bond donors (Lipinski definition) is 1. The maximum Gasteiger partial charge on any atom is 0.108 e. The van der Waals surface area contributed by atoms with Crippen molar-refractivity contribution in [2.75, 3.05) is 6.54 Å². The van der Waals surface area contributed by atoms with Gasteiger partial charge in [-0.1, -0.05) is 44.2 Å². The van der Waals surface area contributed by atoms with E-state index in [1.807, 2.05) is 44.2 Å². The Morgan fingerprint density at radius 1 is 1.20 bits per heavy atom. The minimum Gasteiger partial charge on any atom is -0.330 e. The lowest BCUT2D eigenvalue weighted by molar-refractivity contribution is 0.185. The Bertz CT molecular complexity index is 271. The summed E-state index contributed by atoms with van der Waals surface area (Å²) in [6.45, 7) is 4.47. The van der Waals surface area contributed by atoms with Crippen LogP contribution in [0.3, 0.4) is 0 Å². The largest absolute Gasteiger partial charge is 0.330 e. The van der Waals surface area contributed by atoms with Crippen LogP contribution in [0.2, 0.25) is 0 Å². The molecule has 15 heavy (non-hydrogen) atoms. The molecule has 2 N–H and O–H groups in total. The molecule has 1 aromatic rings. The third-order valence-corrected chi connectivity index (χ3v) is 2.87. The van der Waals surface area contributed by atoms with E-state index in [1.165, 1.54) is 0 Å².